The van der Waals surface area contributed by atoms with Crippen LogP contribution in [0.4, 0.5) is 5.82 Å². The van der Waals surface area contributed by atoms with Crippen molar-refractivity contribution >= 4 is 15.8 Å². The van der Waals surface area contributed by atoms with Gasteiger partial charge in [0.05, 0.1) is 10.5 Å². The molecule has 24 heavy (non-hydrogen) atoms. The van der Waals surface area contributed by atoms with Crippen LogP contribution in [0.15, 0.2) is 41.3 Å². The molecular formula is C17H20N4O2S. The van der Waals surface area contributed by atoms with E-state index >= 15 is 0 Å². The Bertz CT molecular complexity index is 855. The molecule has 0 bridgehead atoms. The predicted molar refractivity (Wildman–Crippen MR) is 93.3 cm³/mol. The molecule has 0 saturated carbocycles. The fourth-order valence-corrected chi connectivity index (χ4v) is 3.20. The van der Waals surface area contributed by atoms with Gasteiger partial charge in [0.1, 0.15) is 11.9 Å². The smallest absolute Gasteiger partial charge is 0.240 e. The summed E-state index contributed by atoms with van der Waals surface area (Å²) in [5, 5.41) is 9.16. The van der Waals surface area contributed by atoms with E-state index in [1.54, 1.807) is 48.3 Å². The Kier molecular flexibility index (Phi) is 5.54. The largest absolute Gasteiger partial charge is 0.357 e. The molecule has 0 fully saturated rings. The van der Waals surface area contributed by atoms with Gasteiger partial charge in [-0.3, -0.25) is 0 Å². The lowest BCUT2D eigenvalue weighted by molar-refractivity contribution is 0.581. The second-order valence-corrected chi connectivity index (χ2v) is 7.33. The van der Waals surface area contributed by atoms with Crippen LogP contribution in [0.25, 0.3) is 0 Å². The highest BCUT2D eigenvalue weighted by molar-refractivity contribution is 7.89. The zero-order chi connectivity index (χ0) is 17.7. The molecule has 1 aromatic heterocycles. The van der Waals surface area contributed by atoms with Gasteiger partial charge >= 0.3 is 0 Å². The van der Waals surface area contributed by atoms with E-state index in [2.05, 4.69) is 15.8 Å². The zero-order valence-corrected chi connectivity index (χ0v) is 14.8. The lowest BCUT2D eigenvalue weighted by atomic mass is 10.2. The van der Waals surface area contributed by atoms with Crippen molar-refractivity contribution in [3.8, 4) is 6.07 Å². The molecule has 1 N–H and O–H groups in total. The standard InChI is InChI=1S/C17H20N4O2S/c1-13-4-8-16(9-5-13)24(22,23)19-10-11-21(3)17-15(12-18)7-6-14(2)20-17/h4-9,19H,10-11H2,1-3H3. The van der Waals surface area contributed by atoms with E-state index in [4.69, 9.17) is 5.26 Å². The number of pyridine rings is 1. The van der Waals surface area contributed by atoms with Crippen LogP contribution in [0.5, 0.6) is 0 Å². The van der Waals surface area contributed by atoms with Gasteiger partial charge in [-0.25, -0.2) is 18.1 Å². The van der Waals surface area contributed by atoms with Gasteiger partial charge in [-0.05, 0) is 38.1 Å². The van der Waals surface area contributed by atoms with Crippen LogP contribution in [-0.2, 0) is 10.0 Å². The lowest BCUT2D eigenvalue weighted by Gasteiger charge is -2.20. The van der Waals surface area contributed by atoms with Gasteiger partial charge in [-0.1, -0.05) is 17.7 Å². The van der Waals surface area contributed by atoms with Crippen LogP contribution < -0.4 is 9.62 Å². The molecule has 0 unspecified atom stereocenters. The van der Waals surface area contributed by atoms with Crippen molar-refractivity contribution in [1.82, 2.24) is 9.71 Å². The highest BCUT2D eigenvalue weighted by atomic mass is 32.2. The number of hydrogen-bond donors (Lipinski definition) is 1. The van der Waals surface area contributed by atoms with Crippen molar-refractivity contribution in [2.75, 3.05) is 25.0 Å². The average molecular weight is 344 g/mol. The quantitative estimate of drug-likeness (QED) is 0.866. The van der Waals surface area contributed by atoms with Crippen LogP contribution in [-0.4, -0.2) is 33.5 Å². The third kappa shape index (κ3) is 4.31. The van der Waals surface area contributed by atoms with Crippen molar-refractivity contribution in [1.29, 1.82) is 5.26 Å². The molecule has 1 aromatic carbocycles. The molecule has 0 aliphatic rings. The minimum atomic E-state index is -3.54. The third-order valence-corrected chi connectivity index (χ3v) is 5.04. The summed E-state index contributed by atoms with van der Waals surface area (Å²) in [5.41, 5.74) is 2.27. The number of nitrogens with zero attached hydrogens (tertiary/aromatic N) is 3. The highest BCUT2D eigenvalue weighted by Crippen LogP contribution is 2.16. The average Bonchev–Trinajstić information content (AvgIpc) is 2.55. The molecule has 0 radical (unpaired) electrons. The number of hydrogen-bond acceptors (Lipinski definition) is 5. The lowest BCUT2D eigenvalue weighted by Crippen LogP contribution is -2.33. The summed E-state index contributed by atoms with van der Waals surface area (Å²) in [6.07, 6.45) is 0. The van der Waals surface area contributed by atoms with Crippen LogP contribution in [0, 0.1) is 25.2 Å². The molecule has 2 rings (SSSR count). The number of benzene rings is 1. The van der Waals surface area contributed by atoms with E-state index in [0.29, 0.717) is 17.9 Å². The SMILES string of the molecule is Cc1ccc(S(=O)(=O)NCCN(C)c2nc(C)ccc2C#N)cc1. The summed E-state index contributed by atoms with van der Waals surface area (Å²) in [7, 11) is -1.76. The fourth-order valence-electron chi connectivity index (χ4n) is 2.18. The van der Waals surface area contributed by atoms with Gasteiger partial charge in [-0.15, -0.1) is 0 Å². The van der Waals surface area contributed by atoms with Crippen LogP contribution in [0.1, 0.15) is 16.8 Å². The van der Waals surface area contributed by atoms with Gasteiger partial charge < -0.3 is 4.90 Å². The van der Waals surface area contributed by atoms with Crippen LogP contribution >= 0.6 is 0 Å². The third-order valence-electron chi connectivity index (χ3n) is 3.57. The van der Waals surface area contributed by atoms with Crippen molar-refractivity contribution in [2.45, 2.75) is 18.7 Å². The molecule has 0 spiro atoms. The molecular weight excluding hydrogens is 324 g/mol. The van der Waals surface area contributed by atoms with Gasteiger partial charge in [0.25, 0.3) is 0 Å². The summed E-state index contributed by atoms with van der Waals surface area (Å²) in [6, 6.07) is 12.3. The summed E-state index contributed by atoms with van der Waals surface area (Å²) in [5.74, 6) is 0.548. The Morgan fingerprint density at radius 2 is 1.83 bits per heavy atom. The minimum absolute atomic E-state index is 0.215. The molecule has 0 amide bonds. The molecule has 1 heterocycles. The number of rotatable bonds is 6. The normalized spacial score (nSPS) is 11.1. The van der Waals surface area contributed by atoms with Gasteiger partial charge in [0.2, 0.25) is 10.0 Å². The monoisotopic (exact) mass is 344 g/mol. The first-order valence-electron chi connectivity index (χ1n) is 7.49. The second-order valence-electron chi connectivity index (χ2n) is 5.57. The maximum atomic E-state index is 12.2. The molecule has 0 aliphatic heterocycles. The molecule has 0 atom stereocenters. The van der Waals surface area contributed by atoms with Gasteiger partial charge in [-0.2, -0.15) is 5.26 Å². The van der Waals surface area contributed by atoms with Crippen LogP contribution in [0.3, 0.4) is 0 Å². The highest BCUT2D eigenvalue weighted by Gasteiger charge is 2.14. The summed E-state index contributed by atoms with van der Waals surface area (Å²) < 4.78 is 27.0. The minimum Gasteiger partial charge on any atom is -0.357 e. The van der Waals surface area contributed by atoms with E-state index in [1.807, 2.05) is 13.8 Å². The van der Waals surface area contributed by atoms with E-state index in [1.165, 1.54) is 0 Å². The van der Waals surface area contributed by atoms with Crippen molar-refractivity contribution < 1.29 is 8.42 Å². The number of nitriles is 1. The fraction of sp³-hybridized carbons (Fsp3) is 0.294. The number of aromatic nitrogens is 1. The van der Waals surface area contributed by atoms with Gasteiger partial charge in [0, 0.05) is 25.8 Å². The van der Waals surface area contributed by atoms with Gasteiger partial charge in [0.15, 0.2) is 0 Å². The Hall–Kier alpha value is -2.43. The molecule has 0 saturated heterocycles. The first-order chi connectivity index (χ1) is 11.3. The van der Waals surface area contributed by atoms with Crippen molar-refractivity contribution in [3.05, 3.63) is 53.2 Å². The Balaban J connectivity index is 2.02. The summed E-state index contributed by atoms with van der Waals surface area (Å²) in [4.78, 5) is 6.36. The zero-order valence-electron chi connectivity index (χ0n) is 13.9. The molecule has 126 valence electrons. The Labute approximate surface area is 142 Å². The molecule has 0 aliphatic carbocycles. The first-order valence-corrected chi connectivity index (χ1v) is 8.97. The molecule has 6 nitrogen and oxygen atoms in total. The summed E-state index contributed by atoms with van der Waals surface area (Å²) in [6.45, 7) is 4.36. The number of aryl methyl sites for hydroxylation is 2. The Morgan fingerprint density at radius 3 is 2.46 bits per heavy atom. The predicted octanol–water partition coefficient (Wildman–Crippen LogP) is 1.98. The van der Waals surface area contributed by atoms with E-state index < -0.39 is 10.0 Å². The van der Waals surface area contributed by atoms with E-state index in [9.17, 15) is 8.42 Å². The van der Waals surface area contributed by atoms with E-state index in [-0.39, 0.29) is 11.4 Å². The van der Waals surface area contributed by atoms with E-state index in [0.717, 1.165) is 11.3 Å². The topological polar surface area (TPSA) is 86.1 Å². The molecule has 2 aromatic rings. The molecule has 7 heteroatoms. The van der Waals surface area contributed by atoms with Crippen LogP contribution in [0.2, 0.25) is 0 Å². The number of sulfonamides is 1. The summed E-state index contributed by atoms with van der Waals surface area (Å²) >= 11 is 0. The number of anilines is 1. The Morgan fingerprint density at radius 1 is 1.17 bits per heavy atom. The maximum absolute atomic E-state index is 12.2. The second kappa shape index (κ2) is 7.43. The van der Waals surface area contributed by atoms with Crippen molar-refractivity contribution in [3.63, 3.8) is 0 Å². The maximum Gasteiger partial charge on any atom is 0.240 e. The number of likely N-dealkylation sites (N-methyl/N-ethyl adjacent to an activating group) is 1. The number of nitrogens with one attached hydrogen (secondary N) is 1. The van der Waals surface area contributed by atoms with Crippen molar-refractivity contribution in [2.24, 2.45) is 0 Å². The first kappa shape index (κ1) is 17.9.